The van der Waals surface area contributed by atoms with E-state index >= 15 is 0 Å². The monoisotopic (exact) mass is 247 g/mol. The van der Waals surface area contributed by atoms with Crippen molar-refractivity contribution in [2.45, 2.75) is 50.9 Å². The van der Waals surface area contributed by atoms with E-state index in [2.05, 4.69) is 32.0 Å². The van der Waals surface area contributed by atoms with Crippen molar-refractivity contribution in [1.29, 1.82) is 0 Å². The van der Waals surface area contributed by atoms with Gasteiger partial charge in [0, 0.05) is 12.0 Å². The van der Waals surface area contributed by atoms with Crippen molar-refractivity contribution >= 4 is 0 Å². The smallest absolute Gasteiger partial charge is 0.122 e. The molecule has 1 aromatic carbocycles. The summed E-state index contributed by atoms with van der Waals surface area (Å²) >= 11 is 0. The van der Waals surface area contributed by atoms with E-state index in [1.165, 1.54) is 36.8 Å². The highest BCUT2D eigenvalue weighted by atomic mass is 16.5. The minimum absolute atomic E-state index is 0.218. The van der Waals surface area contributed by atoms with Crippen LogP contribution < -0.4 is 10.5 Å². The maximum Gasteiger partial charge on any atom is 0.122 e. The molecule has 1 saturated carbocycles. The lowest BCUT2D eigenvalue weighted by Crippen LogP contribution is -2.32. The molecule has 1 aromatic rings. The second kappa shape index (κ2) is 5.31. The fraction of sp³-hybridized carbons (Fsp3) is 0.625. The number of methoxy groups -OCH3 is 1. The standard InChI is InChI=1S/C16H25NO/c1-12(2)14-10-13(6-7-15(14)18-3)16(11-17)8-4-5-9-16/h6-7,10,12H,4-5,8-9,11,17H2,1-3H3. The van der Waals surface area contributed by atoms with Crippen molar-refractivity contribution in [1.82, 2.24) is 0 Å². The highest BCUT2D eigenvalue weighted by Gasteiger charge is 2.34. The van der Waals surface area contributed by atoms with Crippen molar-refractivity contribution in [3.63, 3.8) is 0 Å². The molecule has 0 aromatic heterocycles. The van der Waals surface area contributed by atoms with Gasteiger partial charge in [-0.05, 0) is 36.0 Å². The lowest BCUT2D eigenvalue weighted by Gasteiger charge is -2.29. The van der Waals surface area contributed by atoms with E-state index in [1.54, 1.807) is 7.11 Å². The molecular weight excluding hydrogens is 222 g/mol. The van der Waals surface area contributed by atoms with Gasteiger partial charge in [-0.3, -0.25) is 0 Å². The van der Waals surface area contributed by atoms with Crippen LogP contribution in [-0.2, 0) is 5.41 Å². The maximum atomic E-state index is 6.07. The molecule has 0 radical (unpaired) electrons. The lowest BCUT2D eigenvalue weighted by molar-refractivity contribution is 0.405. The molecule has 1 fully saturated rings. The van der Waals surface area contributed by atoms with Crippen LogP contribution in [0, 0.1) is 0 Å². The van der Waals surface area contributed by atoms with Crippen molar-refractivity contribution in [3.05, 3.63) is 29.3 Å². The van der Waals surface area contributed by atoms with Gasteiger partial charge in [0.1, 0.15) is 5.75 Å². The van der Waals surface area contributed by atoms with Crippen LogP contribution in [0.4, 0.5) is 0 Å². The van der Waals surface area contributed by atoms with Gasteiger partial charge in [-0.15, -0.1) is 0 Å². The summed E-state index contributed by atoms with van der Waals surface area (Å²) < 4.78 is 5.46. The Morgan fingerprint density at radius 1 is 1.28 bits per heavy atom. The normalized spacial score (nSPS) is 18.3. The number of benzene rings is 1. The molecule has 0 aliphatic heterocycles. The molecule has 2 nitrogen and oxygen atoms in total. The van der Waals surface area contributed by atoms with Crippen LogP contribution in [-0.4, -0.2) is 13.7 Å². The zero-order chi connectivity index (χ0) is 13.2. The molecule has 1 aliphatic rings. The zero-order valence-electron chi connectivity index (χ0n) is 11.8. The number of hydrogen-bond donors (Lipinski definition) is 1. The van der Waals surface area contributed by atoms with Crippen LogP contribution in [0.5, 0.6) is 5.75 Å². The summed E-state index contributed by atoms with van der Waals surface area (Å²) in [6.07, 6.45) is 5.07. The summed E-state index contributed by atoms with van der Waals surface area (Å²) in [6.45, 7) is 5.19. The highest BCUT2D eigenvalue weighted by molar-refractivity contribution is 5.42. The average Bonchev–Trinajstić information content (AvgIpc) is 2.87. The molecule has 0 atom stereocenters. The summed E-state index contributed by atoms with van der Waals surface area (Å²) in [5.74, 6) is 1.48. The van der Waals surface area contributed by atoms with E-state index in [9.17, 15) is 0 Å². The number of hydrogen-bond acceptors (Lipinski definition) is 2. The molecule has 0 saturated heterocycles. The first-order valence-electron chi connectivity index (χ1n) is 7.01. The first-order chi connectivity index (χ1) is 8.63. The van der Waals surface area contributed by atoms with Crippen LogP contribution >= 0.6 is 0 Å². The topological polar surface area (TPSA) is 35.2 Å². The average molecular weight is 247 g/mol. The Bertz CT molecular complexity index is 406. The van der Waals surface area contributed by atoms with E-state index in [-0.39, 0.29) is 5.41 Å². The van der Waals surface area contributed by atoms with Gasteiger partial charge in [-0.2, -0.15) is 0 Å². The third-order valence-electron chi connectivity index (χ3n) is 4.42. The minimum Gasteiger partial charge on any atom is -0.496 e. The van der Waals surface area contributed by atoms with Crippen molar-refractivity contribution in [2.75, 3.05) is 13.7 Å². The van der Waals surface area contributed by atoms with Crippen molar-refractivity contribution in [3.8, 4) is 5.75 Å². The molecule has 100 valence electrons. The third-order valence-corrected chi connectivity index (χ3v) is 4.42. The van der Waals surface area contributed by atoms with Gasteiger partial charge in [0.2, 0.25) is 0 Å². The Morgan fingerprint density at radius 3 is 2.44 bits per heavy atom. The second-order valence-corrected chi connectivity index (χ2v) is 5.80. The van der Waals surface area contributed by atoms with Gasteiger partial charge in [0.05, 0.1) is 7.11 Å². The highest BCUT2D eigenvalue weighted by Crippen LogP contribution is 2.42. The maximum absolute atomic E-state index is 6.07. The molecule has 0 unspecified atom stereocenters. The van der Waals surface area contributed by atoms with Gasteiger partial charge in [0.25, 0.3) is 0 Å². The first kappa shape index (κ1) is 13.4. The predicted octanol–water partition coefficient (Wildman–Crippen LogP) is 3.59. The van der Waals surface area contributed by atoms with E-state index < -0.39 is 0 Å². The summed E-state index contributed by atoms with van der Waals surface area (Å²) in [5.41, 5.74) is 8.99. The van der Waals surface area contributed by atoms with Gasteiger partial charge >= 0.3 is 0 Å². The summed E-state index contributed by atoms with van der Waals surface area (Å²) in [6, 6.07) is 6.64. The molecule has 18 heavy (non-hydrogen) atoms. The van der Waals surface area contributed by atoms with Crippen LogP contribution in [0.25, 0.3) is 0 Å². The summed E-state index contributed by atoms with van der Waals surface area (Å²) in [7, 11) is 1.75. The Labute approximate surface area is 111 Å². The fourth-order valence-corrected chi connectivity index (χ4v) is 3.18. The van der Waals surface area contributed by atoms with Gasteiger partial charge < -0.3 is 10.5 Å². The van der Waals surface area contributed by atoms with Crippen LogP contribution in [0.2, 0.25) is 0 Å². The van der Waals surface area contributed by atoms with E-state index in [0.29, 0.717) is 5.92 Å². The van der Waals surface area contributed by atoms with E-state index in [0.717, 1.165) is 12.3 Å². The van der Waals surface area contributed by atoms with Crippen LogP contribution in [0.3, 0.4) is 0 Å². The number of rotatable bonds is 4. The SMILES string of the molecule is COc1ccc(C2(CN)CCCC2)cc1C(C)C. The number of nitrogens with two attached hydrogens (primary N) is 1. The predicted molar refractivity (Wildman–Crippen MR) is 76.3 cm³/mol. The summed E-state index contributed by atoms with van der Waals surface area (Å²) in [5, 5.41) is 0. The van der Waals surface area contributed by atoms with E-state index in [4.69, 9.17) is 10.5 Å². The molecule has 2 N–H and O–H groups in total. The molecule has 0 amide bonds. The number of ether oxygens (including phenoxy) is 1. The molecule has 0 heterocycles. The molecule has 2 heteroatoms. The second-order valence-electron chi connectivity index (χ2n) is 5.80. The van der Waals surface area contributed by atoms with Gasteiger partial charge in [-0.25, -0.2) is 0 Å². The largest absolute Gasteiger partial charge is 0.496 e. The molecule has 0 bridgehead atoms. The Hall–Kier alpha value is -1.02. The Kier molecular flexibility index (Phi) is 3.96. The minimum atomic E-state index is 0.218. The lowest BCUT2D eigenvalue weighted by atomic mass is 9.78. The molecular formula is C16H25NO. The third kappa shape index (κ3) is 2.26. The van der Waals surface area contributed by atoms with Crippen molar-refractivity contribution in [2.24, 2.45) is 5.73 Å². The zero-order valence-corrected chi connectivity index (χ0v) is 11.8. The Balaban J connectivity index is 2.42. The molecule has 0 spiro atoms. The van der Waals surface area contributed by atoms with E-state index in [1.807, 2.05) is 0 Å². The van der Waals surface area contributed by atoms with Gasteiger partial charge in [0.15, 0.2) is 0 Å². The van der Waals surface area contributed by atoms with Gasteiger partial charge in [-0.1, -0.05) is 38.8 Å². The quantitative estimate of drug-likeness (QED) is 0.882. The van der Waals surface area contributed by atoms with Crippen molar-refractivity contribution < 1.29 is 4.74 Å². The molecule has 2 rings (SSSR count). The summed E-state index contributed by atoms with van der Waals surface area (Å²) in [4.78, 5) is 0. The molecule has 1 aliphatic carbocycles. The van der Waals surface area contributed by atoms with Crippen LogP contribution in [0.15, 0.2) is 18.2 Å². The first-order valence-corrected chi connectivity index (χ1v) is 7.01. The Morgan fingerprint density at radius 2 is 1.94 bits per heavy atom. The fourth-order valence-electron chi connectivity index (χ4n) is 3.18. The van der Waals surface area contributed by atoms with Crippen LogP contribution in [0.1, 0.15) is 56.6 Å².